The molecule has 0 spiro atoms. The Kier molecular flexibility index (Phi) is 6.37. The summed E-state index contributed by atoms with van der Waals surface area (Å²) >= 11 is 4.60. The number of halogens is 1. The summed E-state index contributed by atoms with van der Waals surface area (Å²) in [5.74, 6) is -0.767. The van der Waals surface area contributed by atoms with Crippen molar-refractivity contribution >= 4 is 43.7 Å². The number of hydrogen-bond donors (Lipinski definition) is 2. The molecule has 0 amide bonds. The van der Waals surface area contributed by atoms with Crippen molar-refractivity contribution in [2.24, 2.45) is 0 Å². The Morgan fingerprint density at radius 2 is 2.21 bits per heavy atom. The molecule has 0 radical (unpaired) electrons. The van der Waals surface area contributed by atoms with E-state index in [0.717, 1.165) is 24.7 Å². The normalized spacial score (nSPS) is 11.7. The van der Waals surface area contributed by atoms with Crippen LogP contribution >= 0.6 is 27.7 Å². The van der Waals surface area contributed by atoms with Crippen LogP contribution in [0.2, 0.25) is 0 Å². The van der Waals surface area contributed by atoms with Gasteiger partial charge in [0.05, 0.1) is 0 Å². The van der Waals surface area contributed by atoms with Crippen molar-refractivity contribution in [3.05, 3.63) is 16.5 Å². The van der Waals surface area contributed by atoms with Gasteiger partial charge in [0.2, 0.25) is 15.8 Å². The Bertz CT molecular complexity index is 540. The number of rotatable bonds is 8. The van der Waals surface area contributed by atoms with Crippen molar-refractivity contribution in [2.75, 3.05) is 18.6 Å². The van der Waals surface area contributed by atoms with Crippen molar-refractivity contribution in [3.63, 3.8) is 0 Å². The molecule has 1 heterocycles. The molecule has 1 rings (SSSR count). The van der Waals surface area contributed by atoms with Gasteiger partial charge < -0.3 is 9.52 Å². The predicted octanol–water partition coefficient (Wildman–Crippen LogP) is 2.16. The fourth-order valence-electron chi connectivity index (χ4n) is 1.30. The van der Waals surface area contributed by atoms with Crippen LogP contribution < -0.4 is 4.72 Å². The van der Waals surface area contributed by atoms with Gasteiger partial charge >= 0.3 is 5.97 Å². The molecule has 108 valence electrons. The van der Waals surface area contributed by atoms with E-state index in [4.69, 9.17) is 9.52 Å². The standard InChI is InChI=1S/C10H14BrNO5S2/c1-18-5-3-2-4-12-19(15,16)8-6-7(10(13)14)17-9(8)11/h6,12H,2-5H2,1H3,(H,13,14). The molecule has 1 aromatic rings. The van der Waals surface area contributed by atoms with Crippen LogP contribution in [0.5, 0.6) is 0 Å². The highest BCUT2D eigenvalue weighted by atomic mass is 79.9. The average Bonchev–Trinajstić information content (AvgIpc) is 2.72. The monoisotopic (exact) mass is 371 g/mol. The summed E-state index contributed by atoms with van der Waals surface area (Å²) < 4.78 is 30.9. The topological polar surface area (TPSA) is 96.6 Å². The molecule has 0 aliphatic rings. The highest BCUT2D eigenvalue weighted by Crippen LogP contribution is 2.26. The second kappa shape index (κ2) is 7.32. The van der Waals surface area contributed by atoms with Gasteiger partial charge in [-0.3, -0.25) is 0 Å². The molecule has 0 saturated heterocycles. The maximum atomic E-state index is 11.9. The lowest BCUT2D eigenvalue weighted by Gasteiger charge is -2.04. The minimum Gasteiger partial charge on any atom is -0.475 e. The Hall–Kier alpha value is -0.510. The summed E-state index contributed by atoms with van der Waals surface area (Å²) in [6.45, 7) is 0.308. The lowest BCUT2D eigenvalue weighted by Crippen LogP contribution is -2.24. The average molecular weight is 372 g/mol. The SMILES string of the molecule is CSCCCCNS(=O)(=O)c1cc(C(=O)O)oc1Br. The van der Waals surface area contributed by atoms with Crippen LogP contribution in [-0.2, 0) is 10.0 Å². The van der Waals surface area contributed by atoms with E-state index in [1.165, 1.54) is 0 Å². The molecule has 6 nitrogen and oxygen atoms in total. The van der Waals surface area contributed by atoms with E-state index < -0.39 is 21.8 Å². The Morgan fingerprint density at radius 3 is 2.74 bits per heavy atom. The molecule has 0 aliphatic heterocycles. The number of thioether (sulfide) groups is 1. The maximum Gasteiger partial charge on any atom is 0.371 e. The third-order valence-corrected chi connectivity index (χ3v) is 5.24. The van der Waals surface area contributed by atoms with Crippen LogP contribution in [0, 0.1) is 0 Å². The van der Waals surface area contributed by atoms with Gasteiger partial charge in [-0.25, -0.2) is 17.9 Å². The number of sulfonamides is 1. The summed E-state index contributed by atoms with van der Waals surface area (Å²) in [7, 11) is -3.75. The fraction of sp³-hybridized carbons (Fsp3) is 0.500. The lowest BCUT2D eigenvalue weighted by atomic mass is 10.3. The van der Waals surface area contributed by atoms with Gasteiger partial charge in [0, 0.05) is 12.6 Å². The summed E-state index contributed by atoms with van der Waals surface area (Å²) in [6, 6.07) is 0.983. The number of hydrogen-bond acceptors (Lipinski definition) is 5. The molecule has 0 fully saturated rings. The van der Waals surface area contributed by atoms with Crippen LogP contribution in [0.3, 0.4) is 0 Å². The van der Waals surface area contributed by atoms with Crippen LogP contribution in [0.4, 0.5) is 0 Å². The van der Waals surface area contributed by atoms with Gasteiger partial charge in [-0.05, 0) is 40.8 Å². The first kappa shape index (κ1) is 16.5. The second-order valence-corrected chi connectivity index (χ2v) is 7.09. The highest BCUT2D eigenvalue weighted by Gasteiger charge is 2.24. The smallest absolute Gasteiger partial charge is 0.371 e. The van der Waals surface area contributed by atoms with E-state index in [0.29, 0.717) is 6.54 Å². The summed E-state index contributed by atoms with van der Waals surface area (Å²) in [6.07, 6.45) is 3.62. The third kappa shape index (κ3) is 4.83. The maximum absolute atomic E-state index is 11.9. The number of aromatic carboxylic acids is 1. The van der Waals surface area contributed by atoms with Crippen LogP contribution in [0.15, 0.2) is 20.0 Å². The summed E-state index contributed by atoms with van der Waals surface area (Å²) in [4.78, 5) is 10.5. The molecule has 1 aromatic heterocycles. The van der Waals surface area contributed by atoms with E-state index in [-0.39, 0.29) is 9.56 Å². The molecule has 0 aromatic carbocycles. The van der Waals surface area contributed by atoms with Crippen molar-refractivity contribution in [3.8, 4) is 0 Å². The highest BCUT2D eigenvalue weighted by molar-refractivity contribution is 9.10. The van der Waals surface area contributed by atoms with Crippen molar-refractivity contribution in [2.45, 2.75) is 17.7 Å². The number of carboxylic acid groups (broad SMARTS) is 1. The fourth-order valence-corrected chi connectivity index (χ4v) is 3.80. The van der Waals surface area contributed by atoms with E-state index >= 15 is 0 Å². The Balaban J connectivity index is 2.69. The Labute approximate surface area is 124 Å². The van der Waals surface area contributed by atoms with E-state index in [1.54, 1.807) is 11.8 Å². The second-order valence-electron chi connectivity index (χ2n) is 3.65. The number of carboxylic acids is 1. The third-order valence-electron chi connectivity index (χ3n) is 2.22. The van der Waals surface area contributed by atoms with Gasteiger partial charge in [0.1, 0.15) is 4.90 Å². The molecule has 0 aliphatic carbocycles. The summed E-state index contributed by atoms with van der Waals surface area (Å²) in [5, 5.41) is 8.73. The van der Waals surface area contributed by atoms with E-state index in [1.807, 2.05) is 6.26 Å². The predicted molar refractivity (Wildman–Crippen MR) is 76.2 cm³/mol. The molecule has 2 N–H and O–H groups in total. The van der Waals surface area contributed by atoms with Crippen LogP contribution in [0.1, 0.15) is 23.4 Å². The molecular formula is C10H14BrNO5S2. The van der Waals surface area contributed by atoms with Crippen molar-refractivity contribution in [1.82, 2.24) is 4.72 Å². The van der Waals surface area contributed by atoms with Gasteiger partial charge in [-0.2, -0.15) is 11.8 Å². The molecular weight excluding hydrogens is 358 g/mol. The molecule has 0 saturated carbocycles. The lowest BCUT2D eigenvalue weighted by molar-refractivity contribution is 0.0661. The first-order valence-corrected chi connectivity index (χ1v) is 9.06. The zero-order valence-electron chi connectivity index (χ0n) is 10.2. The minimum absolute atomic E-state index is 0.110. The molecule has 0 unspecified atom stereocenters. The van der Waals surface area contributed by atoms with Gasteiger partial charge in [0.25, 0.3) is 0 Å². The zero-order valence-corrected chi connectivity index (χ0v) is 13.4. The minimum atomic E-state index is -3.75. The first-order chi connectivity index (χ1) is 8.88. The van der Waals surface area contributed by atoms with E-state index in [2.05, 4.69) is 20.7 Å². The molecule has 0 atom stereocenters. The number of unbranched alkanes of at least 4 members (excludes halogenated alkanes) is 1. The van der Waals surface area contributed by atoms with Crippen LogP contribution in [-0.4, -0.2) is 38.0 Å². The van der Waals surface area contributed by atoms with Gasteiger partial charge in [-0.1, -0.05) is 0 Å². The van der Waals surface area contributed by atoms with Gasteiger partial charge in [-0.15, -0.1) is 0 Å². The molecule has 0 bridgehead atoms. The number of furan rings is 1. The first-order valence-electron chi connectivity index (χ1n) is 5.39. The summed E-state index contributed by atoms with van der Waals surface area (Å²) in [5.41, 5.74) is 0. The van der Waals surface area contributed by atoms with E-state index in [9.17, 15) is 13.2 Å². The Morgan fingerprint density at radius 1 is 1.53 bits per heavy atom. The zero-order chi connectivity index (χ0) is 14.5. The molecule has 9 heteroatoms. The van der Waals surface area contributed by atoms with Gasteiger partial charge in [0.15, 0.2) is 4.67 Å². The number of nitrogens with one attached hydrogen (secondary N) is 1. The van der Waals surface area contributed by atoms with Crippen molar-refractivity contribution in [1.29, 1.82) is 0 Å². The van der Waals surface area contributed by atoms with Crippen molar-refractivity contribution < 1.29 is 22.7 Å². The largest absolute Gasteiger partial charge is 0.475 e. The molecule has 19 heavy (non-hydrogen) atoms. The van der Waals surface area contributed by atoms with Crippen LogP contribution in [0.25, 0.3) is 0 Å². The quantitative estimate of drug-likeness (QED) is 0.679. The number of carbonyl (C=O) groups is 1.